The summed E-state index contributed by atoms with van der Waals surface area (Å²) in [4.78, 5) is 30.6. The second-order valence-corrected chi connectivity index (χ2v) is 6.85. The van der Waals surface area contributed by atoms with Gasteiger partial charge in [-0.15, -0.1) is 0 Å². The minimum Gasteiger partial charge on any atom is -0.506 e. The molecule has 2 heterocycles. The van der Waals surface area contributed by atoms with E-state index in [4.69, 9.17) is 4.74 Å². The summed E-state index contributed by atoms with van der Waals surface area (Å²) in [5.41, 5.74) is 0.192. The van der Waals surface area contributed by atoms with E-state index in [1.165, 1.54) is 30.0 Å². The number of aromatic hydroxyl groups is 1. The fourth-order valence-electron chi connectivity index (χ4n) is 3.29. The van der Waals surface area contributed by atoms with E-state index in [0.717, 1.165) is 6.07 Å². The molecule has 4 aromatic rings. The number of carbonyl (C=O) groups is 1. The van der Waals surface area contributed by atoms with Crippen LogP contribution in [0.3, 0.4) is 0 Å². The Morgan fingerprint density at radius 2 is 1.90 bits per heavy atom. The molecule has 2 aromatic heterocycles. The quantitative estimate of drug-likeness (QED) is 0.525. The van der Waals surface area contributed by atoms with E-state index in [2.05, 4.69) is 10.3 Å². The maximum atomic E-state index is 13.6. The van der Waals surface area contributed by atoms with Gasteiger partial charge in [-0.1, -0.05) is 6.07 Å². The molecule has 0 saturated heterocycles. The van der Waals surface area contributed by atoms with E-state index < -0.39 is 28.6 Å². The summed E-state index contributed by atoms with van der Waals surface area (Å²) in [5, 5.41) is 13.5. The average molecular weight is 419 g/mol. The number of hydrogen-bond acceptors (Lipinski definition) is 5. The lowest BCUT2D eigenvalue weighted by molar-refractivity contribution is 0.102. The van der Waals surface area contributed by atoms with Gasteiger partial charge in [-0.25, -0.2) is 9.37 Å². The minimum atomic E-state index is -0.857. The Balaban J connectivity index is 1.92. The van der Waals surface area contributed by atoms with Crippen molar-refractivity contribution in [3.8, 4) is 17.2 Å². The summed E-state index contributed by atoms with van der Waals surface area (Å²) >= 11 is 0. The van der Waals surface area contributed by atoms with Crippen molar-refractivity contribution in [2.45, 2.75) is 6.92 Å². The molecule has 2 N–H and O–H groups in total. The fraction of sp³-hybridized carbons (Fsp3) is 0.0870. The molecule has 156 valence electrons. The van der Waals surface area contributed by atoms with Gasteiger partial charge in [0.05, 0.1) is 18.2 Å². The number of nitrogens with one attached hydrogen (secondary N) is 1. The molecule has 0 bridgehead atoms. The summed E-state index contributed by atoms with van der Waals surface area (Å²) in [6.45, 7) is 1.69. The Morgan fingerprint density at radius 3 is 2.61 bits per heavy atom. The number of hydrogen-bond donors (Lipinski definition) is 2. The molecule has 4 rings (SSSR count). The summed E-state index contributed by atoms with van der Waals surface area (Å²) < 4.78 is 20.0. The van der Waals surface area contributed by atoms with Gasteiger partial charge < -0.3 is 15.2 Å². The Kier molecular flexibility index (Phi) is 5.12. The van der Waals surface area contributed by atoms with Crippen LogP contribution in [0.25, 0.3) is 16.7 Å². The Bertz CT molecular complexity index is 1360. The highest BCUT2D eigenvalue weighted by Gasteiger charge is 2.24. The number of fused-ring (bicyclic) bond motifs is 1. The molecule has 0 atom stereocenters. The number of aryl methyl sites for hydroxylation is 1. The van der Waals surface area contributed by atoms with Crippen LogP contribution in [0.15, 0.2) is 65.6 Å². The first-order valence-electron chi connectivity index (χ1n) is 9.35. The van der Waals surface area contributed by atoms with Crippen LogP contribution in [0.2, 0.25) is 0 Å². The van der Waals surface area contributed by atoms with Crippen molar-refractivity contribution in [2.75, 3.05) is 12.4 Å². The topological polar surface area (TPSA) is 93.5 Å². The third-order valence-corrected chi connectivity index (χ3v) is 4.91. The second-order valence-electron chi connectivity index (χ2n) is 6.85. The van der Waals surface area contributed by atoms with E-state index in [1.54, 1.807) is 43.3 Å². The standard InChI is InChI=1S/C23H18FN3O4/c1-13-5-6-14(24)12-18(13)26-22(29)19-20(28)17-4-3-11-25-21(17)27(23(19)30)15-7-9-16(31-2)10-8-15/h3-12,28H,1-2H3,(H,26,29). The first-order chi connectivity index (χ1) is 14.9. The van der Waals surface area contributed by atoms with Crippen LogP contribution in [0.1, 0.15) is 15.9 Å². The van der Waals surface area contributed by atoms with Crippen LogP contribution < -0.4 is 15.6 Å². The van der Waals surface area contributed by atoms with Crippen molar-refractivity contribution in [3.05, 3.63) is 88.1 Å². The zero-order valence-electron chi connectivity index (χ0n) is 16.7. The van der Waals surface area contributed by atoms with E-state index in [-0.39, 0.29) is 16.7 Å². The maximum Gasteiger partial charge on any atom is 0.273 e. The molecule has 0 fully saturated rings. The number of ether oxygens (including phenoxy) is 1. The number of aromatic nitrogens is 2. The van der Waals surface area contributed by atoms with Gasteiger partial charge in [0.2, 0.25) is 0 Å². The van der Waals surface area contributed by atoms with Crippen molar-refractivity contribution < 1.29 is 19.0 Å². The van der Waals surface area contributed by atoms with Crippen molar-refractivity contribution in [1.82, 2.24) is 9.55 Å². The molecule has 0 aliphatic carbocycles. The molecular weight excluding hydrogens is 401 g/mol. The number of pyridine rings is 2. The molecular formula is C23H18FN3O4. The van der Waals surface area contributed by atoms with Gasteiger partial charge in [0.1, 0.15) is 22.9 Å². The van der Waals surface area contributed by atoms with Crippen molar-refractivity contribution in [3.63, 3.8) is 0 Å². The van der Waals surface area contributed by atoms with Crippen molar-refractivity contribution in [1.29, 1.82) is 0 Å². The second kappa shape index (κ2) is 7.91. The van der Waals surface area contributed by atoms with Crippen LogP contribution in [0.5, 0.6) is 11.5 Å². The summed E-state index contributed by atoms with van der Waals surface area (Å²) in [6, 6.07) is 13.7. The highest BCUT2D eigenvalue weighted by Crippen LogP contribution is 2.28. The molecule has 0 unspecified atom stereocenters. The number of benzene rings is 2. The number of nitrogens with zero attached hydrogens (tertiary/aromatic N) is 2. The predicted molar refractivity (Wildman–Crippen MR) is 115 cm³/mol. The molecule has 0 aliphatic rings. The first-order valence-corrected chi connectivity index (χ1v) is 9.35. The SMILES string of the molecule is COc1ccc(-n2c(=O)c(C(=O)Nc3cc(F)ccc3C)c(O)c3cccnc32)cc1. The maximum absolute atomic E-state index is 13.6. The molecule has 0 spiro atoms. The van der Waals surface area contributed by atoms with E-state index in [1.807, 2.05) is 0 Å². The number of halogens is 1. The number of anilines is 1. The van der Waals surface area contributed by atoms with Crippen LogP contribution in [-0.4, -0.2) is 27.7 Å². The smallest absolute Gasteiger partial charge is 0.273 e. The van der Waals surface area contributed by atoms with E-state index in [0.29, 0.717) is 17.0 Å². The lowest BCUT2D eigenvalue weighted by Gasteiger charge is -2.15. The minimum absolute atomic E-state index is 0.189. The first kappa shape index (κ1) is 20.1. The van der Waals surface area contributed by atoms with Gasteiger partial charge in [0.25, 0.3) is 11.5 Å². The molecule has 8 heteroatoms. The summed E-state index contributed by atoms with van der Waals surface area (Å²) in [5.74, 6) is -1.30. The van der Waals surface area contributed by atoms with Crippen LogP contribution in [-0.2, 0) is 0 Å². The number of methoxy groups -OCH3 is 1. The summed E-state index contributed by atoms with van der Waals surface area (Å²) in [6.07, 6.45) is 1.48. The molecule has 0 aliphatic heterocycles. The van der Waals surface area contributed by atoms with E-state index >= 15 is 0 Å². The Labute approximate surface area is 176 Å². The zero-order chi connectivity index (χ0) is 22.1. The van der Waals surface area contributed by atoms with E-state index in [9.17, 15) is 19.1 Å². The van der Waals surface area contributed by atoms with Gasteiger partial charge in [-0.3, -0.25) is 14.2 Å². The molecule has 1 amide bonds. The fourth-order valence-corrected chi connectivity index (χ4v) is 3.29. The number of amides is 1. The largest absolute Gasteiger partial charge is 0.506 e. The third-order valence-electron chi connectivity index (χ3n) is 4.91. The highest BCUT2D eigenvalue weighted by atomic mass is 19.1. The predicted octanol–water partition coefficient (Wildman–Crippen LogP) is 3.80. The van der Waals surface area contributed by atoms with Crippen LogP contribution in [0.4, 0.5) is 10.1 Å². The van der Waals surface area contributed by atoms with Gasteiger partial charge in [0, 0.05) is 11.9 Å². The molecule has 2 aromatic carbocycles. The third kappa shape index (κ3) is 3.59. The summed E-state index contributed by atoms with van der Waals surface area (Å²) in [7, 11) is 1.52. The zero-order valence-corrected chi connectivity index (χ0v) is 16.7. The Hall–Kier alpha value is -4.20. The Morgan fingerprint density at radius 1 is 1.16 bits per heavy atom. The van der Waals surface area contributed by atoms with Crippen LogP contribution >= 0.6 is 0 Å². The van der Waals surface area contributed by atoms with Crippen molar-refractivity contribution in [2.24, 2.45) is 0 Å². The monoisotopic (exact) mass is 419 g/mol. The van der Waals surface area contributed by atoms with Gasteiger partial charge in [-0.2, -0.15) is 0 Å². The van der Waals surface area contributed by atoms with Gasteiger partial charge in [-0.05, 0) is 61.0 Å². The normalized spacial score (nSPS) is 10.8. The molecule has 0 radical (unpaired) electrons. The van der Waals surface area contributed by atoms with Crippen LogP contribution in [0, 0.1) is 12.7 Å². The lowest BCUT2D eigenvalue weighted by Crippen LogP contribution is -2.29. The van der Waals surface area contributed by atoms with Gasteiger partial charge >= 0.3 is 0 Å². The molecule has 0 saturated carbocycles. The average Bonchev–Trinajstić information content (AvgIpc) is 2.77. The molecule has 31 heavy (non-hydrogen) atoms. The van der Waals surface area contributed by atoms with Crippen molar-refractivity contribution >= 4 is 22.6 Å². The number of rotatable bonds is 4. The molecule has 7 nitrogen and oxygen atoms in total. The lowest BCUT2D eigenvalue weighted by atomic mass is 10.1. The highest BCUT2D eigenvalue weighted by molar-refractivity contribution is 6.09. The van der Waals surface area contributed by atoms with Gasteiger partial charge in [0.15, 0.2) is 5.65 Å². The number of carbonyl (C=O) groups excluding carboxylic acids is 1.